The Kier molecular flexibility index (Phi) is 6.14. The van der Waals surface area contributed by atoms with Crippen LogP contribution in [0.1, 0.15) is 0 Å². The Bertz CT molecular complexity index is 1200. The molecule has 0 radical (unpaired) electrons. The Hall–Kier alpha value is -3.63. The zero-order valence-corrected chi connectivity index (χ0v) is 16.9. The Morgan fingerprint density at radius 3 is 2.03 bits per heavy atom. The monoisotopic (exact) mass is 438 g/mol. The zero-order valence-electron chi connectivity index (χ0n) is 16.9. The maximum Gasteiger partial charge on any atom is 0.673 e. The van der Waals surface area contributed by atoms with Gasteiger partial charge < -0.3 is 41.6 Å². The third kappa shape index (κ3) is 4.60. The molecule has 2 heterocycles. The van der Waals surface area contributed by atoms with Gasteiger partial charge in [0.1, 0.15) is 0 Å². The average molecular weight is 438 g/mol. The van der Waals surface area contributed by atoms with Crippen molar-refractivity contribution in [1.29, 1.82) is 0 Å². The molecule has 0 aliphatic heterocycles. The molecule has 0 amide bonds. The van der Waals surface area contributed by atoms with E-state index in [-0.39, 0.29) is 0 Å². The minimum absolute atomic E-state index is 0.352. The van der Waals surface area contributed by atoms with Crippen LogP contribution < -0.4 is 24.3 Å². The van der Waals surface area contributed by atoms with Gasteiger partial charge in [0.25, 0.3) is 11.4 Å². The van der Waals surface area contributed by atoms with E-state index in [1.165, 1.54) is 0 Å². The van der Waals surface area contributed by atoms with Crippen LogP contribution in [0.15, 0.2) is 53.1 Å². The van der Waals surface area contributed by atoms with Crippen LogP contribution >= 0.6 is 0 Å². The fourth-order valence-electron chi connectivity index (χ4n) is 3.24. The van der Waals surface area contributed by atoms with Gasteiger partial charge in [0, 0.05) is 18.2 Å². The third-order valence-electron chi connectivity index (χ3n) is 4.43. The molecule has 2 N–H and O–H groups in total. The molecule has 4 aromatic rings. The van der Waals surface area contributed by atoms with Crippen molar-refractivity contribution in [3.05, 3.63) is 48.7 Å². The lowest BCUT2D eigenvalue weighted by Gasteiger charge is -2.12. The van der Waals surface area contributed by atoms with E-state index in [2.05, 4.69) is 0 Å². The Balaban J connectivity index is 0.000000491. The average Bonchev–Trinajstić information content (AvgIpc) is 3.08. The summed E-state index contributed by atoms with van der Waals surface area (Å²) in [5, 5.41) is 2.12. The summed E-state index contributed by atoms with van der Waals surface area (Å²) in [6, 6.07) is 13.7. The number of pyridine rings is 1. The van der Waals surface area contributed by atoms with E-state index in [1.807, 2.05) is 53.1 Å². The second kappa shape index (κ2) is 8.62. The van der Waals surface area contributed by atoms with Crippen molar-refractivity contribution in [2.75, 3.05) is 27.1 Å². The number of fused-ring (bicyclic) bond motifs is 3. The van der Waals surface area contributed by atoms with Crippen molar-refractivity contribution in [2.45, 2.75) is 0 Å². The molecular weight excluding hydrogens is 419 g/mol. The Morgan fingerprint density at radius 1 is 0.903 bits per heavy atom. The van der Waals surface area contributed by atoms with Crippen molar-refractivity contribution < 1.29 is 40.3 Å². The van der Waals surface area contributed by atoms with E-state index < -0.39 is 7.25 Å². The van der Waals surface area contributed by atoms with Crippen LogP contribution in [0.25, 0.3) is 27.7 Å². The fourth-order valence-corrected chi connectivity index (χ4v) is 3.24. The number of anilines is 1. The summed E-state index contributed by atoms with van der Waals surface area (Å²) in [6.07, 6.45) is 1.94. The molecule has 0 aliphatic rings. The van der Waals surface area contributed by atoms with Gasteiger partial charge in [-0.15, -0.1) is 4.40 Å². The largest absolute Gasteiger partial charge is 0.673 e. The summed E-state index contributed by atoms with van der Waals surface area (Å²) in [4.78, 5) is 0. The van der Waals surface area contributed by atoms with E-state index in [0.717, 1.165) is 21.9 Å². The van der Waals surface area contributed by atoms with Gasteiger partial charge in [-0.05, 0) is 11.5 Å². The molecule has 0 fully saturated rings. The van der Waals surface area contributed by atoms with Crippen molar-refractivity contribution in [3.8, 4) is 28.7 Å². The molecule has 11 heteroatoms. The minimum atomic E-state index is -6.00. The van der Waals surface area contributed by atoms with Gasteiger partial charge in [0.05, 0.1) is 32.3 Å². The first-order valence-corrected chi connectivity index (χ1v) is 8.97. The van der Waals surface area contributed by atoms with Gasteiger partial charge >= 0.3 is 13.1 Å². The highest BCUT2D eigenvalue weighted by atomic mass is 19.5. The van der Waals surface area contributed by atoms with E-state index >= 15 is 0 Å². The van der Waals surface area contributed by atoms with E-state index in [0.29, 0.717) is 29.0 Å². The maximum atomic E-state index is 9.75. The smallest absolute Gasteiger partial charge is 0.493 e. The molecule has 0 aliphatic carbocycles. The van der Waals surface area contributed by atoms with Gasteiger partial charge in [-0.3, -0.25) is 0 Å². The van der Waals surface area contributed by atoms with E-state index in [1.54, 1.807) is 21.3 Å². The van der Waals surface area contributed by atoms with Crippen molar-refractivity contribution in [2.24, 2.45) is 0 Å². The molecule has 2 aromatic heterocycles. The number of halogens is 4. The molecule has 0 saturated carbocycles. The second-order valence-corrected chi connectivity index (χ2v) is 6.30. The van der Waals surface area contributed by atoms with Crippen molar-refractivity contribution in [3.63, 3.8) is 0 Å². The molecule has 0 bridgehead atoms. The highest BCUT2D eigenvalue weighted by molar-refractivity contribution is 6.50. The normalized spacial score (nSPS) is 11.2. The number of benzene rings is 2. The molecule has 0 saturated heterocycles. The summed E-state index contributed by atoms with van der Waals surface area (Å²) < 4.78 is 63.1. The number of methoxy groups -OCH3 is 3. The number of hydrogen-bond donors (Lipinski definition) is 1. The van der Waals surface area contributed by atoms with Crippen LogP contribution in [-0.4, -0.2) is 28.6 Å². The maximum absolute atomic E-state index is 9.75. The molecule has 0 unspecified atom stereocenters. The molecule has 4 rings (SSSR count). The first kappa shape index (κ1) is 22.1. The first-order chi connectivity index (χ1) is 14.7. The lowest BCUT2D eigenvalue weighted by Crippen LogP contribution is -2.21. The summed E-state index contributed by atoms with van der Waals surface area (Å²) in [7, 11) is -1.27. The van der Waals surface area contributed by atoms with Gasteiger partial charge in [0.15, 0.2) is 17.7 Å². The summed E-state index contributed by atoms with van der Waals surface area (Å²) in [5.41, 5.74) is 7.79. The second-order valence-electron chi connectivity index (χ2n) is 6.30. The Morgan fingerprint density at radius 2 is 1.48 bits per heavy atom. The van der Waals surface area contributed by atoms with Gasteiger partial charge in [-0.2, -0.15) is 0 Å². The topological polar surface area (TPSA) is 71.0 Å². The van der Waals surface area contributed by atoms with Crippen molar-refractivity contribution >= 4 is 29.4 Å². The van der Waals surface area contributed by atoms with E-state index in [4.69, 9.17) is 24.4 Å². The molecule has 2 aromatic carbocycles. The van der Waals surface area contributed by atoms with Crippen molar-refractivity contribution in [1.82, 2.24) is 0 Å². The fraction of sp³-hybridized carbons (Fsp3) is 0.150. The predicted octanol–water partition coefficient (Wildman–Crippen LogP) is 4.75. The number of nitrogen functional groups attached to an aromatic ring is 1. The first-order valence-electron chi connectivity index (χ1n) is 8.97. The predicted molar refractivity (Wildman–Crippen MR) is 109 cm³/mol. The van der Waals surface area contributed by atoms with Crippen LogP contribution in [0.2, 0.25) is 0 Å². The molecule has 31 heavy (non-hydrogen) atoms. The number of hydrogen-bond acceptors (Lipinski definition) is 5. The lowest BCUT2D eigenvalue weighted by molar-refractivity contribution is -0.502. The standard InChI is InChI=1S/C20H19N2O4.BF4/c1-23-15-10-13(11-16(24-2)18(15)25-3)20-22-9-8-12-6-4-5-7-14(12)17(22)19(21)26-20;2-1(3,4)5/h4-11H,21H2,1-3H3;/q+1;-1. The molecule has 164 valence electrons. The molecular formula is C20H19BF4N2O4. The number of oxazole rings is 1. The zero-order chi connectivity index (χ0) is 22.8. The van der Waals surface area contributed by atoms with Crippen LogP contribution in [0.5, 0.6) is 17.2 Å². The van der Waals surface area contributed by atoms with Gasteiger partial charge in [0.2, 0.25) is 5.75 Å². The number of nitrogens with two attached hydrogens (primary N) is 1. The Labute approximate surface area is 174 Å². The third-order valence-corrected chi connectivity index (χ3v) is 4.43. The van der Waals surface area contributed by atoms with Crippen LogP contribution in [-0.2, 0) is 0 Å². The number of aromatic nitrogens is 1. The highest BCUT2D eigenvalue weighted by Gasteiger charge is 2.27. The van der Waals surface area contributed by atoms with Gasteiger partial charge in [-0.1, -0.05) is 18.2 Å². The minimum Gasteiger partial charge on any atom is -0.493 e. The lowest BCUT2D eigenvalue weighted by atomic mass is 10.1. The van der Waals surface area contributed by atoms with E-state index in [9.17, 15) is 17.3 Å². The number of nitrogens with zero attached hydrogens (tertiary/aromatic N) is 1. The molecule has 6 nitrogen and oxygen atoms in total. The molecule has 0 atom stereocenters. The quantitative estimate of drug-likeness (QED) is 0.283. The van der Waals surface area contributed by atoms with Crippen LogP contribution in [0.4, 0.5) is 23.1 Å². The molecule has 0 spiro atoms. The summed E-state index contributed by atoms with van der Waals surface area (Å²) in [5.74, 6) is 2.56. The van der Waals surface area contributed by atoms with Crippen LogP contribution in [0.3, 0.4) is 0 Å². The summed E-state index contributed by atoms with van der Waals surface area (Å²) in [6.45, 7) is 0. The summed E-state index contributed by atoms with van der Waals surface area (Å²) >= 11 is 0. The van der Waals surface area contributed by atoms with Gasteiger partial charge in [-0.25, -0.2) is 0 Å². The number of rotatable bonds is 4. The number of ether oxygens (including phenoxy) is 3. The van der Waals surface area contributed by atoms with Crippen LogP contribution in [0, 0.1) is 0 Å². The highest BCUT2D eigenvalue weighted by Crippen LogP contribution is 2.41. The SMILES string of the molecule is COc1cc(-c2oc(N)c3c4ccccc4cc[n+]23)cc(OC)c1OC.F[B-](F)(F)F.